The molecule has 1 aromatic heterocycles. The lowest BCUT2D eigenvalue weighted by atomic mass is 10.2. The zero-order valence-corrected chi connectivity index (χ0v) is 11.2. The Bertz CT molecular complexity index is 353. The Morgan fingerprint density at radius 2 is 2.31 bits per heavy atom. The topological polar surface area (TPSA) is 29.9 Å². The largest absolute Gasteiger partial charge is 0.311 e. The van der Waals surface area contributed by atoms with Crippen molar-refractivity contribution in [2.75, 3.05) is 12.3 Å². The Morgan fingerprint density at radius 1 is 1.50 bits per heavy atom. The number of thioether (sulfide) groups is 1. The van der Waals surface area contributed by atoms with Crippen LogP contribution in [0.5, 0.6) is 0 Å². The molecule has 1 fully saturated rings. The summed E-state index contributed by atoms with van der Waals surface area (Å²) in [4.78, 5) is 0. The van der Waals surface area contributed by atoms with E-state index in [9.17, 15) is 0 Å². The summed E-state index contributed by atoms with van der Waals surface area (Å²) in [5, 5.41) is 8.83. The second-order valence-electron chi connectivity index (χ2n) is 4.54. The summed E-state index contributed by atoms with van der Waals surface area (Å²) in [6.45, 7) is 6.33. The average Bonchev–Trinajstić information content (AvgIpc) is 2.82. The van der Waals surface area contributed by atoms with Crippen LogP contribution in [0.1, 0.15) is 29.8 Å². The van der Waals surface area contributed by atoms with Crippen molar-refractivity contribution in [2.24, 2.45) is 7.05 Å². The van der Waals surface area contributed by atoms with Crippen LogP contribution in [0.25, 0.3) is 0 Å². The van der Waals surface area contributed by atoms with Gasteiger partial charge in [-0.15, -0.1) is 0 Å². The monoisotopic (exact) mass is 239 g/mol. The van der Waals surface area contributed by atoms with E-state index in [0.29, 0.717) is 0 Å². The molecule has 1 unspecified atom stereocenters. The number of nitrogens with one attached hydrogen (secondary N) is 1. The summed E-state index contributed by atoms with van der Waals surface area (Å²) in [7, 11) is 2.01. The van der Waals surface area contributed by atoms with Gasteiger partial charge in [-0.25, -0.2) is 0 Å². The Labute approximate surface area is 102 Å². The van der Waals surface area contributed by atoms with E-state index in [1.165, 1.54) is 29.9 Å². The minimum absolute atomic E-state index is 0.831. The minimum atomic E-state index is 0.831. The maximum atomic E-state index is 4.43. The molecule has 2 rings (SSSR count). The van der Waals surface area contributed by atoms with Gasteiger partial charge in [-0.3, -0.25) is 4.68 Å². The Hall–Kier alpha value is -0.480. The summed E-state index contributed by atoms with van der Waals surface area (Å²) in [6.07, 6.45) is 2.77. The third-order valence-electron chi connectivity index (χ3n) is 3.36. The highest BCUT2D eigenvalue weighted by Crippen LogP contribution is 2.25. The van der Waals surface area contributed by atoms with Crippen molar-refractivity contribution in [3.8, 4) is 0 Å². The Morgan fingerprint density at radius 3 is 2.88 bits per heavy atom. The fourth-order valence-corrected chi connectivity index (χ4v) is 3.47. The molecule has 0 radical (unpaired) electrons. The van der Waals surface area contributed by atoms with Crippen LogP contribution in [-0.4, -0.2) is 27.3 Å². The maximum Gasteiger partial charge on any atom is 0.0641 e. The van der Waals surface area contributed by atoms with E-state index in [4.69, 9.17) is 0 Å². The van der Waals surface area contributed by atoms with Crippen LogP contribution >= 0.6 is 11.8 Å². The molecule has 0 aliphatic carbocycles. The quantitative estimate of drug-likeness (QED) is 0.872. The standard InChI is InChI=1S/C12H21N3S/c1-9-12(10(2)15(3)14-9)8-13-7-11-5-4-6-16-11/h11,13H,4-8H2,1-3H3. The van der Waals surface area contributed by atoms with Gasteiger partial charge in [-0.05, 0) is 32.4 Å². The zero-order chi connectivity index (χ0) is 11.5. The molecular formula is C12H21N3S. The van der Waals surface area contributed by atoms with Gasteiger partial charge < -0.3 is 5.32 Å². The molecule has 4 heteroatoms. The lowest BCUT2D eigenvalue weighted by Crippen LogP contribution is -2.23. The predicted octanol–water partition coefficient (Wildman–Crippen LogP) is 2.02. The molecule has 0 aromatic carbocycles. The first-order valence-electron chi connectivity index (χ1n) is 6.00. The minimum Gasteiger partial charge on any atom is -0.311 e. The summed E-state index contributed by atoms with van der Waals surface area (Å²) >= 11 is 2.11. The molecule has 0 amide bonds. The van der Waals surface area contributed by atoms with Gasteiger partial charge in [-0.1, -0.05) is 0 Å². The molecule has 1 N–H and O–H groups in total. The van der Waals surface area contributed by atoms with Crippen LogP contribution in [-0.2, 0) is 13.6 Å². The number of aryl methyl sites for hydroxylation is 2. The highest BCUT2D eigenvalue weighted by molar-refractivity contribution is 8.00. The molecule has 1 aliphatic heterocycles. The van der Waals surface area contributed by atoms with Gasteiger partial charge >= 0.3 is 0 Å². The smallest absolute Gasteiger partial charge is 0.0641 e. The van der Waals surface area contributed by atoms with Crippen LogP contribution in [0.3, 0.4) is 0 Å². The summed E-state index contributed by atoms with van der Waals surface area (Å²) in [6, 6.07) is 0. The van der Waals surface area contributed by atoms with Gasteiger partial charge in [0.15, 0.2) is 0 Å². The second kappa shape index (κ2) is 5.23. The Balaban J connectivity index is 1.84. The molecule has 0 saturated carbocycles. The molecule has 0 spiro atoms. The first-order chi connectivity index (χ1) is 7.68. The Kier molecular flexibility index (Phi) is 3.92. The first-order valence-corrected chi connectivity index (χ1v) is 7.04. The van der Waals surface area contributed by atoms with E-state index >= 15 is 0 Å². The lowest BCUT2D eigenvalue weighted by molar-refractivity contribution is 0.641. The number of rotatable bonds is 4. The molecule has 16 heavy (non-hydrogen) atoms. The van der Waals surface area contributed by atoms with Crippen LogP contribution in [0.15, 0.2) is 0 Å². The van der Waals surface area contributed by atoms with Crippen molar-refractivity contribution in [3.05, 3.63) is 17.0 Å². The molecule has 2 heterocycles. The van der Waals surface area contributed by atoms with Crippen molar-refractivity contribution in [1.29, 1.82) is 0 Å². The third-order valence-corrected chi connectivity index (χ3v) is 4.75. The average molecular weight is 239 g/mol. The van der Waals surface area contributed by atoms with Crippen LogP contribution in [0, 0.1) is 13.8 Å². The van der Waals surface area contributed by atoms with Gasteiger partial charge in [0.25, 0.3) is 0 Å². The van der Waals surface area contributed by atoms with Crippen molar-refractivity contribution < 1.29 is 0 Å². The highest BCUT2D eigenvalue weighted by atomic mass is 32.2. The molecule has 1 atom stereocenters. The number of nitrogens with zero attached hydrogens (tertiary/aromatic N) is 2. The predicted molar refractivity (Wildman–Crippen MR) is 69.9 cm³/mol. The number of aromatic nitrogens is 2. The van der Waals surface area contributed by atoms with Crippen molar-refractivity contribution in [3.63, 3.8) is 0 Å². The number of hydrogen-bond donors (Lipinski definition) is 1. The molecule has 1 aromatic rings. The van der Waals surface area contributed by atoms with Crippen molar-refractivity contribution in [2.45, 2.75) is 38.5 Å². The van der Waals surface area contributed by atoms with E-state index in [2.05, 4.69) is 36.0 Å². The van der Waals surface area contributed by atoms with E-state index < -0.39 is 0 Å². The third kappa shape index (κ3) is 2.61. The fraction of sp³-hybridized carbons (Fsp3) is 0.750. The molecule has 90 valence electrons. The zero-order valence-electron chi connectivity index (χ0n) is 10.4. The maximum absolute atomic E-state index is 4.43. The molecule has 0 bridgehead atoms. The molecule has 1 saturated heterocycles. The molecule has 1 aliphatic rings. The molecule has 3 nitrogen and oxygen atoms in total. The van der Waals surface area contributed by atoms with Gasteiger partial charge in [0.1, 0.15) is 0 Å². The van der Waals surface area contributed by atoms with E-state index in [1.807, 2.05) is 11.7 Å². The SMILES string of the molecule is Cc1nn(C)c(C)c1CNCC1CCCS1. The van der Waals surface area contributed by atoms with Crippen LogP contribution in [0.2, 0.25) is 0 Å². The van der Waals surface area contributed by atoms with Gasteiger partial charge in [0.2, 0.25) is 0 Å². The number of hydrogen-bond acceptors (Lipinski definition) is 3. The van der Waals surface area contributed by atoms with Gasteiger partial charge in [0.05, 0.1) is 5.69 Å². The summed E-state index contributed by atoms with van der Waals surface area (Å²) in [5.74, 6) is 1.34. The van der Waals surface area contributed by atoms with E-state index in [-0.39, 0.29) is 0 Å². The van der Waals surface area contributed by atoms with Crippen molar-refractivity contribution >= 4 is 11.8 Å². The first kappa shape index (κ1) is 12.0. The lowest BCUT2D eigenvalue weighted by Gasteiger charge is -2.10. The van der Waals surface area contributed by atoms with Crippen molar-refractivity contribution in [1.82, 2.24) is 15.1 Å². The van der Waals surface area contributed by atoms with Crippen LogP contribution in [0.4, 0.5) is 0 Å². The van der Waals surface area contributed by atoms with E-state index in [0.717, 1.165) is 24.0 Å². The highest BCUT2D eigenvalue weighted by Gasteiger charge is 2.15. The van der Waals surface area contributed by atoms with E-state index in [1.54, 1.807) is 0 Å². The van der Waals surface area contributed by atoms with Gasteiger partial charge in [-0.2, -0.15) is 16.9 Å². The summed E-state index contributed by atoms with van der Waals surface area (Å²) < 4.78 is 1.97. The fourth-order valence-electron chi connectivity index (χ4n) is 2.24. The normalized spacial score (nSPS) is 20.6. The second-order valence-corrected chi connectivity index (χ2v) is 5.95. The van der Waals surface area contributed by atoms with Crippen LogP contribution < -0.4 is 5.32 Å². The molecular weight excluding hydrogens is 218 g/mol. The van der Waals surface area contributed by atoms with Gasteiger partial charge in [0, 0.05) is 36.6 Å². The summed E-state index contributed by atoms with van der Waals surface area (Å²) in [5.41, 5.74) is 3.81.